The highest BCUT2D eigenvalue weighted by molar-refractivity contribution is 5.77. The summed E-state index contributed by atoms with van der Waals surface area (Å²) in [6.07, 6.45) is 2.78. The summed E-state index contributed by atoms with van der Waals surface area (Å²) < 4.78 is 2.07. The third-order valence-electron chi connectivity index (χ3n) is 3.17. The van der Waals surface area contributed by atoms with E-state index in [1.54, 1.807) is 0 Å². The number of para-hydroxylation sites is 1. The highest BCUT2D eigenvalue weighted by Crippen LogP contribution is 2.12. The molecule has 0 bridgehead atoms. The van der Waals surface area contributed by atoms with Crippen molar-refractivity contribution in [2.75, 3.05) is 6.54 Å². The SMILES string of the molecule is Cc1nc(CCNC(=O)C(C)C)cn1-c1ccccc1. The number of benzene rings is 1. The number of hydrogen-bond acceptors (Lipinski definition) is 2. The van der Waals surface area contributed by atoms with Crippen LogP contribution < -0.4 is 5.32 Å². The van der Waals surface area contributed by atoms with E-state index < -0.39 is 0 Å². The molecule has 2 aromatic rings. The van der Waals surface area contributed by atoms with Gasteiger partial charge in [0.15, 0.2) is 0 Å². The second-order valence-corrected chi connectivity index (χ2v) is 5.18. The van der Waals surface area contributed by atoms with Gasteiger partial charge in [-0.25, -0.2) is 4.98 Å². The number of aryl methyl sites for hydroxylation is 1. The Labute approximate surface area is 119 Å². The molecule has 0 spiro atoms. The molecule has 0 aliphatic heterocycles. The summed E-state index contributed by atoms with van der Waals surface area (Å²) in [5.41, 5.74) is 2.10. The summed E-state index contributed by atoms with van der Waals surface area (Å²) in [6.45, 7) is 6.40. The molecule has 0 radical (unpaired) electrons. The number of rotatable bonds is 5. The summed E-state index contributed by atoms with van der Waals surface area (Å²) >= 11 is 0. The lowest BCUT2D eigenvalue weighted by Gasteiger charge is -2.06. The standard InChI is InChI=1S/C16H21N3O/c1-12(2)16(20)17-10-9-14-11-19(13(3)18-14)15-7-5-4-6-8-15/h4-8,11-12H,9-10H2,1-3H3,(H,17,20). The van der Waals surface area contributed by atoms with Crippen LogP contribution in [0.25, 0.3) is 5.69 Å². The quantitative estimate of drug-likeness (QED) is 0.908. The van der Waals surface area contributed by atoms with Crippen molar-refractivity contribution in [3.63, 3.8) is 0 Å². The average Bonchev–Trinajstić information content (AvgIpc) is 2.80. The molecule has 1 aromatic heterocycles. The van der Waals surface area contributed by atoms with Crippen LogP contribution in [0.1, 0.15) is 25.4 Å². The second-order valence-electron chi connectivity index (χ2n) is 5.18. The summed E-state index contributed by atoms with van der Waals surface area (Å²) in [5.74, 6) is 1.07. The molecule has 1 N–H and O–H groups in total. The molecule has 0 saturated carbocycles. The second kappa shape index (κ2) is 6.37. The maximum absolute atomic E-state index is 11.5. The first-order chi connectivity index (χ1) is 9.58. The molecule has 2 rings (SSSR count). The molecule has 106 valence electrons. The van der Waals surface area contributed by atoms with Gasteiger partial charge in [0.1, 0.15) is 5.82 Å². The van der Waals surface area contributed by atoms with Gasteiger partial charge >= 0.3 is 0 Å². The molecule has 0 unspecified atom stereocenters. The summed E-state index contributed by atoms with van der Waals surface area (Å²) in [7, 11) is 0. The zero-order valence-electron chi connectivity index (χ0n) is 12.3. The Morgan fingerprint density at radius 3 is 2.65 bits per heavy atom. The van der Waals surface area contributed by atoms with Gasteiger partial charge in [-0.05, 0) is 19.1 Å². The van der Waals surface area contributed by atoms with Gasteiger partial charge < -0.3 is 9.88 Å². The van der Waals surface area contributed by atoms with Crippen LogP contribution in [0.5, 0.6) is 0 Å². The first kappa shape index (κ1) is 14.3. The molecule has 4 nitrogen and oxygen atoms in total. The smallest absolute Gasteiger partial charge is 0.222 e. The fourth-order valence-corrected chi connectivity index (χ4v) is 2.02. The van der Waals surface area contributed by atoms with Crippen LogP contribution in [0.15, 0.2) is 36.5 Å². The number of carbonyl (C=O) groups is 1. The van der Waals surface area contributed by atoms with E-state index in [0.29, 0.717) is 6.54 Å². The minimum atomic E-state index is 0.0265. The summed E-state index contributed by atoms with van der Waals surface area (Å²) in [4.78, 5) is 16.0. The Balaban J connectivity index is 2.00. The fourth-order valence-electron chi connectivity index (χ4n) is 2.02. The Bertz CT molecular complexity index is 573. The summed E-state index contributed by atoms with van der Waals surface area (Å²) in [6, 6.07) is 10.1. The minimum absolute atomic E-state index is 0.0265. The molecule has 20 heavy (non-hydrogen) atoms. The van der Waals surface area contributed by atoms with Crippen molar-refractivity contribution in [3.05, 3.63) is 48.0 Å². The van der Waals surface area contributed by atoms with E-state index in [1.165, 1.54) is 0 Å². The Kier molecular flexibility index (Phi) is 4.56. The molecule has 1 aromatic carbocycles. The van der Waals surface area contributed by atoms with Gasteiger partial charge in [-0.3, -0.25) is 4.79 Å². The van der Waals surface area contributed by atoms with Crippen LogP contribution in [0.2, 0.25) is 0 Å². The molecule has 0 aliphatic rings. The molecule has 0 fully saturated rings. The normalized spacial score (nSPS) is 10.8. The molecule has 0 aliphatic carbocycles. The maximum atomic E-state index is 11.5. The van der Waals surface area contributed by atoms with Crippen molar-refractivity contribution < 1.29 is 4.79 Å². The Hall–Kier alpha value is -2.10. The lowest BCUT2D eigenvalue weighted by molar-refractivity contribution is -0.123. The monoisotopic (exact) mass is 271 g/mol. The predicted octanol–water partition coefficient (Wildman–Crippen LogP) is 2.50. The van der Waals surface area contributed by atoms with Crippen molar-refractivity contribution in [1.29, 1.82) is 0 Å². The lowest BCUT2D eigenvalue weighted by atomic mass is 10.2. The molecular weight excluding hydrogens is 250 g/mol. The highest BCUT2D eigenvalue weighted by Gasteiger charge is 2.08. The molecular formula is C16H21N3O. The number of amides is 1. The van der Waals surface area contributed by atoms with Crippen LogP contribution in [0, 0.1) is 12.8 Å². The van der Waals surface area contributed by atoms with Crippen LogP contribution in [-0.2, 0) is 11.2 Å². The predicted molar refractivity (Wildman–Crippen MR) is 79.9 cm³/mol. The average molecular weight is 271 g/mol. The van der Waals surface area contributed by atoms with Gasteiger partial charge in [0, 0.05) is 30.8 Å². The first-order valence-corrected chi connectivity index (χ1v) is 6.96. The molecule has 0 saturated heterocycles. The zero-order valence-corrected chi connectivity index (χ0v) is 12.3. The van der Waals surface area contributed by atoms with E-state index in [1.807, 2.05) is 45.2 Å². The maximum Gasteiger partial charge on any atom is 0.222 e. The van der Waals surface area contributed by atoms with Crippen molar-refractivity contribution >= 4 is 5.91 Å². The number of nitrogens with one attached hydrogen (secondary N) is 1. The van der Waals surface area contributed by atoms with Crippen molar-refractivity contribution in [1.82, 2.24) is 14.9 Å². The van der Waals surface area contributed by atoms with Gasteiger partial charge in [0.25, 0.3) is 0 Å². The van der Waals surface area contributed by atoms with E-state index in [2.05, 4.69) is 27.0 Å². The van der Waals surface area contributed by atoms with Crippen molar-refractivity contribution in [2.24, 2.45) is 5.92 Å². The van der Waals surface area contributed by atoms with Crippen LogP contribution in [-0.4, -0.2) is 22.0 Å². The van der Waals surface area contributed by atoms with Gasteiger partial charge in [0.05, 0.1) is 5.69 Å². The van der Waals surface area contributed by atoms with E-state index >= 15 is 0 Å². The number of aromatic nitrogens is 2. The third-order valence-corrected chi connectivity index (χ3v) is 3.17. The molecule has 1 heterocycles. The van der Waals surface area contributed by atoms with Crippen LogP contribution in [0.4, 0.5) is 0 Å². The number of carbonyl (C=O) groups excluding carboxylic acids is 1. The van der Waals surface area contributed by atoms with Gasteiger partial charge in [-0.15, -0.1) is 0 Å². The van der Waals surface area contributed by atoms with Crippen LogP contribution >= 0.6 is 0 Å². The van der Waals surface area contributed by atoms with Crippen LogP contribution in [0.3, 0.4) is 0 Å². The number of hydrogen-bond donors (Lipinski definition) is 1. The molecule has 4 heteroatoms. The van der Waals surface area contributed by atoms with Gasteiger partial charge in [0.2, 0.25) is 5.91 Å². The topological polar surface area (TPSA) is 46.9 Å². The zero-order chi connectivity index (χ0) is 14.5. The third kappa shape index (κ3) is 3.47. The number of nitrogens with zero attached hydrogens (tertiary/aromatic N) is 2. The van der Waals surface area contributed by atoms with Gasteiger partial charge in [-0.2, -0.15) is 0 Å². The van der Waals surface area contributed by atoms with E-state index in [4.69, 9.17) is 0 Å². The Morgan fingerprint density at radius 2 is 2.00 bits per heavy atom. The number of imidazole rings is 1. The summed E-state index contributed by atoms with van der Waals surface area (Å²) in [5, 5.41) is 2.91. The highest BCUT2D eigenvalue weighted by atomic mass is 16.1. The lowest BCUT2D eigenvalue weighted by Crippen LogP contribution is -2.29. The van der Waals surface area contributed by atoms with E-state index in [-0.39, 0.29) is 11.8 Å². The van der Waals surface area contributed by atoms with Gasteiger partial charge in [-0.1, -0.05) is 32.0 Å². The minimum Gasteiger partial charge on any atom is -0.355 e. The van der Waals surface area contributed by atoms with E-state index in [9.17, 15) is 4.79 Å². The largest absolute Gasteiger partial charge is 0.355 e. The van der Waals surface area contributed by atoms with Crippen molar-refractivity contribution in [3.8, 4) is 5.69 Å². The first-order valence-electron chi connectivity index (χ1n) is 6.96. The van der Waals surface area contributed by atoms with E-state index in [0.717, 1.165) is 23.6 Å². The molecule has 1 amide bonds. The Morgan fingerprint density at radius 1 is 1.30 bits per heavy atom. The van der Waals surface area contributed by atoms with Crippen molar-refractivity contribution in [2.45, 2.75) is 27.2 Å². The molecule has 0 atom stereocenters. The fraction of sp³-hybridized carbons (Fsp3) is 0.375.